The van der Waals surface area contributed by atoms with Crippen molar-refractivity contribution in [1.29, 1.82) is 5.41 Å². The minimum Gasteiger partial charge on any atom is -0.488 e. The van der Waals surface area contributed by atoms with E-state index in [9.17, 15) is 0 Å². The molecule has 1 unspecified atom stereocenters. The molecule has 1 saturated heterocycles. The molecule has 162 valence electrons. The highest BCUT2D eigenvalue weighted by Gasteiger charge is 2.40. The zero-order valence-electron chi connectivity index (χ0n) is 18.5. The summed E-state index contributed by atoms with van der Waals surface area (Å²) in [6, 6.07) is 6.62. The number of nitrogens with two attached hydrogens (primary N) is 1. The maximum atomic E-state index is 8.77. The molecule has 0 amide bonds. The van der Waals surface area contributed by atoms with E-state index >= 15 is 0 Å². The number of piperazine rings is 1. The van der Waals surface area contributed by atoms with Gasteiger partial charge in [-0.25, -0.2) is 4.99 Å². The molecule has 0 radical (unpaired) electrons. The lowest BCUT2D eigenvalue weighted by Gasteiger charge is -2.44. The van der Waals surface area contributed by atoms with E-state index in [1.807, 2.05) is 24.3 Å². The number of hydrogen-bond acceptors (Lipinski definition) is 7. The van der Waals surface area contributed by atoms with Crippen LogP contribution in [-0.2, 0) is 0 Å². The molecule has 1 aromatic carbocycles. The quantitative estimate of drug-likeness (QED) is 0.496. The van der Waals surface area contributed by atoms with E-state index in [4.69, 9.17) is 15.9 Å². The van der Waals surface area contributed by atoms with Crippen LogP contribution >= 0.6 is 0 Å². The molecule has 0 bridgehead atoms. The first-order valence-corrected chi connectivity index (χ1v) is 10.9. The van der Waals surface area contributed by atoms with Crippen LogP contribution < -0.4 is 15.8 Å². The Hall–Kier alpha value is -2.38. The summed E-state index contributed by atoms with van der Waals surface area (Å²) >= 11 is 0. The van der Waals surface area contributed by atoms with Crippen LogP contribution in [0.25, 0.3) is 0 Å². The highest BCUT2D eigenvalue weighted by molar-refractivity contribution is 6.14. The van der Waals surface area contributed by atoms with Crippen LogP contribution in [-0.4, -0.2) is 65.3 Å². The molecular weight excluding hydrogens is 376 g/mol. The molecule has 30 heavy (non-hydrogen) atoms. The first-order chi connectivity index (χ1) is 14.3. The number of aliphatic imine (C=N–C) groups is 1. The summed E-state index contributed by atoms with van der Waals surface area (Å²) < 4.78 is 6.07. The molecular formula is C23H34N6O. The van der Waals surface area contributed by atoms with Gasteiger partial charge in [0.05, 0.1) is 17.7 Å². The molecule has 1 saturated carbocycles. The van der Waals surface area contributed by atoms with E-state index in [0.717, 1.165) is 38.2 Å². The first-order valence-electron chi connectivity index (χ1n) is 10.9. The Bertz CT molecular complexity index is 872. The molecule has 0 aromatic heterocycles. The molecule has 4 N–H and O–H groups in total. The molecule has 1 aromatic rings. The number of nitrogen functional groups attached to an aromatic ring is 1. The molecule has 2 heterocycles. The summed E-state index contributed by atoms with van der Waals surface area (Å²) in [5.41, 5.74) is 8.34. The molecule has 2 atom stereocenters. The van der Waals surface area contributed by atoms with Crippen molar-refractivity contribution in [3.63, 3.8) is 0 Å². The molecule has 0 spiro atoms. The van der Waals surface area contributed by atoms with Gasteiger partial charge in [0.2, 0.25) is 0 Å². The number of benzene rings is 1. The Morgan fingerprint density at radius 2 is 2.10 bits per heavy atom. The monoisotopic (exact) mass is 410 g/mol. The fourth-order valence-corrected chi connectivity index (χ4v) is 4.32. The Morgan fingerprint density at radius 3 is 2.77 bits per heavy atom. The van der Waals surface area contributed by atoms with Crippen molar-refractivity contribution in [1.82, 2.24) is 15.1 Å². The highest BCUT2D eigenvalue weighted by Crippen LogP contribution is 2.40. The second-order valence-corrected chi connectivity index (χ2v) is 9.27. The third-order valence-electron chi connectivity index (χ3n) is 6.40. The summed E-state index contributed by atoms with van der Waals surface area (Å²) in [5, 5.41) is 12.1. The smallest absolute Gasteiger partial charge is 0.120 e. The second-order valence-electron chi connectivity index (χ2n) is 9.27. The summed E-state index contributed by atoms with van der Waals surface area (Å²) in [5.74, 6) is 0.762. The second kappa shape index (κ2) is 8.04. The van der Waals surface area contributed by atoms with Gasteiger partial charge in [0.25, 0.3) is 0 Å². The van der Waals surface area contributed by atoms with Crippen molar-refractivity contribution >= 4 is 17.7 Å². The van der Waals surface area contributed by atoms with E-state index in [0.29, 0.717) is 34.7 Å². The fourth-order valence-electron chi connectivity index (χ4n) is 4.32. The Labute approximate surface area is 179 Å². The van der Waals surface area contributed by atoms with Crippen LogP contribution in [0, 0.1) is 5.41 Å². The Morgan fingerprint density at radius 1 is 1.33 bits per heavy atom. The lowest BCUT2D eigenvalue weighted by Crippen LogP contribution is -2.59. The topological polar surface area (TPSA) is 90.0 Å². The number of hydrogen-bond donors (Lipinski definition) is 3. The van der Waals surface area contributed by atoms with Crippen molar-refractivity contribution in [2.75, 3.05) is 25.4 Å². The maximum absolute atomic E-state index is 8.77. The van der Waals surface area contributed by atoms with Crippen LogP contribution in [0.2, 0.25) is 0 Å². The van der Waals surface area contributed by atoms with Crippen molar-refractivity contribution < 1.29 is 4.74 Å². The van der Waals surface area contributed by atoms with Gasteiger partial charge in [-0.15, -0.1) is 0 Å². The number of anilines is 1. The average molecular weight is 411 g/mol. The normalized spacial score (nSPS) is 26.2. The van der Waals surface area contributed by atoms with Gasteiger partial charge < -0.3 is 15.8 Å². The Balaban J connectivity index is 1.50. The third-order valence-corrected chi connectivity index (χ3v) is 6.40. The van der Waals surface area contributed by atoms with Gasteiger partial charge in [-0.05, 0) is 64.8 Å². The molecule has 2 fully saturated rings. The summed E-state index contributed by atoms with van der Waals surface area (Å²) in [7, 11) is 0. The lowest BCUT2D eigenvalue weighted by atomic mass is 10.0. The summed E-state index contributed by atoms with van der Waals surface area (Å²) in [6.07, 6.45) is 5.90. The number of ether oxygens (including phenoxy) is 1. The SMILES string of the molecule is CC(C)N1CCN(C2C=C(C(=N)c3cc(OC4(C)CC4)ccc3N)N=CN2)C[C@H]1C. The number of nitrogens with one attached hydrogen (secondary N) is 2. The van der Waals surface area contributed by atoms with Gasteiger partial charge >= 0.3 is 0 Å². The Kier molecular flexibility index (Phi) is 5.59. The van der Waals surface area contributed by atoms with E-state index in [2.05, 4.69) is 47.8 Å². The predicted molar refractivity (Wildman–Crippen MR) is 122 cm³/mol. The first kappa shape index (κ1) is 20.9. The molecule has 7 nitrogen and oxygen atoms in total. The van der Waals surface area contributed by atoms with Crippen molar-refractivity contribution in [2.45, 2.75) is 64.4 Å². The predicted octanol–water partition coefficient (Wildman–Crippen LogP) is 2.82. The molecule has 1 aliphatic carbocycles. The molecule has 7 heteroatoms. The van der Waals surface area contributed by atoms with Gasteiger partial charge in [-0.1, -0.05) is 0 Å². The van der Waals surface area contributed by atoms with E-state index < -0.39 is 0 Å². The van der Waals surface area contributed by atoms with E-state index in [-0.39, 0.29) is 11.8 Å². The van der Waals surface area contributed by atoms with Gasteiger partial charge in [0.15, 0.2) is 0 Å². The van der Waals surface area contributed by atoms with Gasteiger partial charge in [-0.2, -0.15) is 0 Å². The summed E-state index contributed by atoms with van der Waals surface area (Å²) in [4.78, 5) is 9.39. The minimum atomic E-state index is -0.0678. The average Bonchev–Trinajstić information content (AvgIpc) is 3.45. The van der Waals surface area contributed by atoms with E-state index in [1.165, 1.54) is 0 Å². The van der Waals surface area contributed by atoms with Crippen molar-refractivity contribution in [3.8, 4) is 5.75 Å². The zero-order valence-corrected chi connectivity index (χ0v) is 18.5. The molecule has 4 rings (SSSR count). The third kappa shape index (κ3) is 4.37. The van der Waals surface area contributed by atoms with E-state index in [1.54, 1.807) is 6.34 Å². The van der Waals surface area contributed by atoms with Crippen LogP contribution in [0.3, 0.4) is 0 Å². The van der Waals surface area contributed by atoms with Gasteiger partial charge in [0, 0.05) is 43.0 Å². The summed E-state index contributed by atoms with van der Waals surface area (Å²) in [6.45, 7) is 11.9. The van der Waals surface area contributed by atoms with Gasteiger partial charge in [-0.3, -0.25) is 15.2 Å². The number of rotatable bonds is 6. The molecule has 3 aliphatic rings. The van der Waals surface area contributed by atoms with Gasteiger partial charge in [0.1, 0.15) is 17.5 Å². The standard InChI is InChI=1S/C23H34N6O/c1-15(2)29-10-9-28(13-16(29)3)21-12-20(26-14-27-21)22(25)18-11-17(5-6-19(18)24)30-23(4)7-8-23/h5-6,11-12,14-16,21,25H,7-10,13,24H2,1-4H3,(H,26,27)/t16-,21?/m1/s1. The fraction of sp³-hybridized carbons (Fsp3) is 0.565. The van der Waals surface area contributed by atoms with Crippen LogP contribution in [0.15, 0.2) is 35.0 Å². The molecule has 2 aliphatic heterocycles. The number of allylic oxidation sites excluding steroid dienone is 1. The largest absolute Gasteiger partial charge is 0.488 e. The van der Waals surface area contributed by atoms with Crippen molar-refractivity contribution in [2.24, 2.45) is 4.99 Å². The zero-order chi connectivity index (χ0) is 21.5. The minimum absolute atomic E-state index is 0.0284. The van der Waals surface area contributed by atoms with Crippen LogP contribution in [0.5, 0.6) is 5.75 Å². The maximum Gasteiger partial charge on any atom is 0.120 e. The lowest BCUT2D eigenvalue weighted by molar-refractivity contribution is 0.0438. The highest BCUT2D eigenvalue weighted by atomic mass is 16.5. The number of nitrogens with zero attached hydrogens (tertiary/aromatic N) is 3. The van der Waals surface area contributed by atoms with Crippen molar-refractivity contribution in [3.05, 3.63) is 35.5 Å². The van der Waals surface area contributed by atoms with Crippen LogP contribution in [0.1, 0.15) is 46.1 Å². The van der Waals surface area contributed by atoms with Crippen LogP contribution in [0.4, 0.5) is 5.69 Å².